The zero-order valence-corrected chi connectivity index (χ0v) is 11.5. The van der Waals surface area contributed by atoms with Gasteiger partial charge in [0, 0.05) is 18.9 Å². The Morgan fingerprint density at radius 3 is 2.24 bits per heavy atom. The first kappa shape index (κ1) is 13.4. The van der Waals surface area contributed by atoms with Gasteiger partial charge >= 0.3 is 5.97 Å². The van der Waals surface area contributed by atoms with Gasteiger partial charge in [0.2, 0.25) is 0 Å². The summed E-state index contributed by atoms with van der Waals surface area (Å²) in [6.45, 7) is 0. The highest BCUT2D eigenvalue weighted by Gasteiger charge is 2.22. The van der Waals surface area contributed by atoms with Crippen molar-refractivity contribution < 1.29 is 14.6 Å². The van der Waals surface area contributed by atoms with E-state index in [2.05, 4.69) is 24.3 Å². The van der Waals surface area contributed by atoms with Gasteiger partial charge in [0.1, 0.15) is 11.9 Å². The molecule has 0 unspecified atom stereocenters. The van der Waals surface area contributed by atoms with Crippen molar-refractivity contribution in [2.45, 2.75) is 18.9 Å². The van der Waals surface area contributed by atoms with E-state index < -0.39 is 5.97 Å². The topological polar surface area (TPSA) is 46.5 Å². The molecule has 0 aliphatic heterocycles. The number of hydrogen-bond acceptors (Lipinski definition) is 2. The third-order valence-corrected chi connectivity index (χ3v) is 3.61. The highest BCUT2D eigenvalue weighted by atomic mass is 16.5. The van der Waals surface area contributed by atoms with E-state index in [-0.39, 0.29) is 6.10 Å². The molecule has 0 amide bonds. The summed E-state index contributed by atoms with van der Waals surface area (Å²) in [6.07, 6.45) is 4.76. The molecule has 3 nitrogen and oxygen atoms in total. The zero-order chi connectivity index (χ0) is 14.7. The van der Waals surface area contributed by atoms with Crippen LogP contribution in [0.2, 0.25) is 0 Å². The highest BCUT2D eigenvalue weighted by Crippen LogP contribution is 2.25. The van der Waals surface area contributed by atoms with E-state index in [9.17, 15) is 4.79 Å². The van der Waals surface area contributed by atoms with Crippen LogP contribution in [0.3, 0.4) is 0 Å². The number of aliphatic carboxylic acids is 1. The van der Waals surface area contributed by atoms with E-state index in [0.717, 1.165) is 30.2 Å². The van der Waals surface area contributed by atoms with Crippen molar-refractivity contribution in [3.8, 4) is 5.75 Å². The second-order valence-corrected chi connectivity index (χ2v) is 5.16. The molecule has 0 atom stereocenters. The number of ether oxygens (including phenoxy) is 1. The summed E-state index contributed by atoms with van der Waals surface area (Å²) < 4.78 is 6.00. The molecule has 0 aromatic heterocycles. The molecule has 1 aliphatic rings. The standard InChI is InChI=1S/C18H16O3/c19-18(20)10-7-13-5-8-16(9-6-13)21-17-11-14-3-1-2-4-15(14)12-17/h1-10,17H,11-12H2,(H,19,20)/b10-7+. The van der Waals surface area contributed by atoms with Crippen molar-refractivity contribution in [1.29, 1.82) is 0 Å². The fourth-order valence-electron chi connectivity index (χ4n) is 2.62. The summed E-state index contributed by atoms with van der Waals surface area (Å²) in [5, 5.41) is 8.59. The molecule has 0 spiro atoms. The largest absolute Gasteiger partial charge is 0.490 e. The smallest absolute Gasteiger partial charge is 0.328 e. The average molecular weight is 280 g/mol. The molecular formula is C18H16O3. The third kappa shape index (κ3) is 3.31. The van der Waals surface area contributed by atoms with E-state index >= 15 is 0 Å². The first-order valence-electron chi connectivity index (χ1n) is 6.95. The summed E-state index contributed by atoms with van der Waals surface area (Å²) in [6, 6.07) is 15.9. The number of carboxylic acid groups (broad SMARTS) is 1. The monoisotopic (exact) mass is 280 g/mol. The van der Waals surface area contributed by atoms with Crippen LogP contribution in [0, 0.1) is 0 Å². The molecule has 0 fully saturated rings. The third-order valence-electron chi connectivity index (χ3n) is 3.61. The minimum Gasteiger partial charge on any atom is -0.490 e. The van der Waals surface area contributed by atoms with Crippen molar-refractivity contribution in [2.75, 3.05) is 0 Å². The maximum absolute atomic E-state index is 10.5. The van der Waals surface area contributed by atoms with Crippen molar-refractivity contribution in [1.82, 2.24) is 0 Å². The molecule has 2 aromatic rings. The molecule has 0 bridgehead atoms. The van der Waals surface area contributed by atoms with Crippen LogP contribution in [-0.2, 0) is 17.6 Å². The van der Waals surface area contributed by atoms with Gasteiger partial charge in [0.15, 0.2) is 0 Å². The SMILES string of the molecule is O=C(O)/C=C/c1ccc(OC2Cc3ccccc3C2)cc1. The molecule has 0 heterocycles. The van der Waals surface area contributed by atoms with Crippen molar-refractivity contribution >= 4 is 12.0 Å². The lowest BCUT2D eigenvalue weighted by molar-refractivity contribution is -0.131. The summed E-state index contributed by atoms with van der Waals surface area (Å²) in [4.78, 5) is 10.5. The van der Waals surface area contributed by atoms with Gasteiger partial charge in [0.05, 0.1) is 0 Å². The number of hydrogen-bond donors (Lipinski definition) is 1. The summed E-state index contributed by atoms with van der Waals surface area (Å²) in [5.74, 6) is -0.126. The van der Waals surface area contributed by atoms with E-state index in [0.29, 0.717) is 0 Å². The molecule has 3 rings (SSSR count). The normalized spacial score (nSPS) is 14.3. The molecule has 0 radical (unpaired) electrons. The van der Waals surface area contributed by atoms with Gasteiger partial charge in [-0.05, 0) is 34.9 Å². The lowest BCUT2D eigenvalue weighted by Crippen LogP contribution is -2.16. The van der Waals surface area contributed by atoms with Crippen LogP contribution in [0.25, 0.3) is 6.08 Å². The maximum Gasteiger partial charge on any atom is 0.328 e. The minimum absolute atomic E-state index is 0.183. The van der Waals surface area contributed by atoms with Crippen LogP contribution in [0.4, 0.5) is 0 Å². The van der Waals surface area contributed by atoms with Crippen LogP contribution in [-0.4, -0.2) is 17.2 Å². The Morgan fingerprint density at radius 1 is 1.05 bits per heavy atom. The van der Waals surface area contributed by atoms with Crippen LogP contribution in [0.15, 0.2) is 54.6 Å². The van der Waals surface area contributed by atoms with E-state index in [1.165, 1.54) is 11.1 Å². The number of carbonyl (C=O) groups is 1. The van der Waals surface area contributed by atoms with Gasteiger partial charge in [-0.2, -0.15) is 0 Å². The number of carboxylic acids is 1. The first-order valence-corrected chi connectivity index (χ1v) is 6.95. The lowest BCUT2D eigenvalue weighted by atomic mass is 10.1. The van der Waals surface area contributed by atoms with Gasteiger partial charge in [-0.1, -0.05) is 36.4 Å². The zero-order valence-electron chi connectivity index (χ0n) is 11.5. The van der Waals surface area contributed by atoms with E-state index in [1.54, 1.807) is 6.08 Å². The Morgan fingerprint density at radius 2 is 1.67 bits per heavy atom. The molecule has 106 valence electrons. The van der Waals surface area contributed by atoms with Gasteiger partial charge in [-0.15, -0.1) is 0 Å². The predicted molar refractivity (Wildman–Crippen MR) is 81.4 cm³/mol. The highest BCUT2D eigenvalue weighted by molar-refractivity contribution is 5.85. The van der Waals surface area contributed by atoms with Crippen molar-refractivity contribution in [3.63, 3.8) is 0 Å². The average Bonchev–Trinajstić information content (AvgIpc) is 2.88. The van der Waals surface area contributed by atoms with Gasteiger partial charge in [-0.25, -0.2) is 4.79 Å². The predicted octanol–water partition coefficient (Wildman–Crippen LogP) is 3.33. The van der Waals surface area contributed by atoms with Gasteiger partial charge in [-0.3, -0.25) is 0 Å². The molecule has 21 heavy (non-hydrogen) atoms. The summed E-state index contributed by atoms with van der Waals surface area (Å²) in [5.41, 5.74) is 3.58. The van der Waals surface area contributed by atoms with Crippen LogP contribution in [0.5, 0.6) is 5.75 Å². The Bertz CT molecular complexity index is 646. The molecule has 0 saturated heterocycles. The number of fused-ring (bicyclic) bond motifs is 1. The number of benzene rings is 2. The van der Waals surface area contributed by atoms with E-state index in [4.69, 9.17) is 9.84 Å². The fraction of sp³-hybridized carbons (Fsp3) is 0.167. The van der Waals surface area contributed by atoms with Crippen LogP contribution in [0.1, 0.15) is 16.7 Å². The second-order valence-electron chi connectivity index (χ2n) is 5.16. The fourth-order valence-corrected chi connectivity index (χ4v) is 2.62. The second kappa shape index (κ2) is 5.83. The molecule has 1 N–H and O–H groups in total. The quantitative estimate of drug-likeness (QED) is 0.874. The Kier molecular flexibility index (Phi) is 3.73. The van der Waals surface area contributed by atoms with Crippen molar-refractivity contribution in [3.05, 3.63) is 71.3 Å². The van der Waals surface area contributed by atoms with Crippen LogP contribution < -0.4 is 4.74 Å². The molecule has 0 saturated carbocycles. The first-order chi connectivity index (χ1) is 10.2. The summed E-state index contributed by atoms with van der Waals surface area (Å²) >= 11 is 0. The summed E-state index contributed by atoms with van der Waals surface area (Å²) in [7, 11) is 0. The van der Waals surface area contributed by atoms with E-state index in [1.807, 2.05) is 24.3 Å². The molecule has 3 heteroatoms. The lowest BCUT2D eigenvalue weighted by Gasteiger charge is -2.13. The van der Waals surface area contributed by atoms with Crippen molar-refractivity contribution in [2.24, 2.45) is 0 Å². The molecule has 2 aromatic carbocycles. The van der Waals surface area contributed by atoms with Gasteiger partial charge in [0.25, 0.3) is 0 Å². The van der Waals surface area contributed by atoms with Crippen LogP contribution >= 0.6 is 0 Å². The Balaban J connectivity index is 1.63. The maximum atomic E-state index is 10.5. The Labute approximate surface area is 123 Å². The van der Waals surface area contributed by atoms with Gasteiger partial charge < -0.3 is 9.84 Å². The molecule has 1 aliphatic carbocycles. The number of rotatable bonds is 4. The minimum atomic E-state index is -0.945. The molecular weight excluding hydrogens is 264 g/mol. The Hall–Kier alpha value is -2.55.